The Hall–Kier alpha value is -4.24. The molecule has 48 heavy (non-hydrogen) atoms. The summed E-state index contributed by atoms with van der Waals surface area (Å²) in [5, 5.41) is 18.0. The second-order valence-corrected chi connectivity index (χ2v) is 13.5. The monoisotopic (exact) mass is 657 g/mol. The molecular weight excluding hydrogens is 609 g/mol. The molecule has 1 atom stereocenters. The van der Waals surface area contributed by atoms with Crippen LogP contribution in [0.4, 0.5) is 4.39 Å². The van der Waals surface area contributed by atoms with E-state index in [4.69, 9.17) is 14.2 Å². The van der Waals surface area contributed by atoms with E-state index in [1.165, 1.54) is 25.3 Å². The number of rotatable bonds is 19. The third-order valence-corrected chi connectivity index (χ3v) is 9.09. The fourth-order valence-electron chi connectivity index (χ4n) is 6.26. The number of aromatic nitrogens is 3. The van der Waals surface area contributed by atoms with Crippen LogP contribution in [-0.2, 0) is 34.7 Å². The molecule has 1 aromatic heterocycles. The first-order valence-corrected chi connectivity index (χ1v) is 17.1. The van der Waals surface area contributed by atoms with Gasteiger partial charge in [0.1, 0.15) is 29.6 Å². The predicted octanol–water partition coefficient (Wildman–Crippen LogP) is 8.71. The third-order valence-electron chi connectivity index (χ3n) is 9.09. The van der Waals surface area contributed by atoms with Crippen molar-refractivity contribution in [3.05, 3.63) is 95.1 Å². The Morgan fingerprint density at radius 1 is 1.02 bits per heavy atom. The highest BCUT2D eigenvalue weighted by Crippen LogP contribution is 2.45. The van der Waals surface area contributed by atoms with Gasteiger partial charge in [-0.25, -0.2) is 4.39 Å². The summed E-state index contributed by atoms with van der Waals surface area (Å²) in [6.45, 7) is 8.20. The van der Waals surface area contributed by atoms with Gasteiger partial charge in [0, 0.05) is 17.5 Å². The van der Waals surface area contributed by atoms with Crippen LogP contribution in [0.5, 0.6) is 11.5 Å². The molecular formula is C39H48FN3O5. The maximum Gasteiger partial charge on any atom is 0.303 e. The van der Waals surface area contributed by atoms with Gasteiger partial charge < -0.3 is 19.3 Å². The van der Waals surface area contributed by atoms with Crippen molar-refractivity contribution in [2.75, 3.05) is 13.7 Å². The van der Waals surface area contributed by atoms with Gasteiger partial charge in [-0.1, -0.05) is 75.6 Å². The third kappa shape index (κ3) is 9.43. The van der Waals surface area contributed by atoms with Crippen molar-refractivity contribution in [3.63, 3.8) is 0 Å². The Balaban J connectivity index is 1.33. The van der Waals surface area contributed by atoms with Crippen LogP contribution in [-0.4, -0.2) is 39.8 Å². The van der Waals surface area contributed by atoms with Crippen LogP contribution < -0.4 is 9.47 Å². The number of unbranched alkanes of at least 4 members (excludes halogenated alkanes) is 3. The molecule has 1 fully saturated rings. The molecule has 1 aliphatic rings. The number of nitrogens with zero attached hydrogens (tertiary/aromatic N) is 3. The molecule has 1 heterocycles. The molecule has 8 nitrogen and oxygen atoms in total. The number of methoxy groups -OCH3 is 1. The van der Waals surface area contributed by atoms with E-state index < -0.39 is 11.4 Å². The van der Waals surface area contributed by atoms with E-state index >= 15 is 4.39 Å². The lowest BCUT2D eigenvalue weighted by Gasteiger charge is -2.29. The van der Waals surface area contributed by atoms with E-state index in [-0.39, 0.29) is 18.2 Å². The van der Waals surface area contributed by atoms with Crippen LogP contribution in [0, 0.1) is 11.7 Å². The smallest absolute Gasteiger partial charge is 0.303 e. The number of carbonyl (C=O) groups is 1. The first-order chi connectivity index (χ1) is 23.2. The average molecular weight is 658 g/mol. The minimum Gasteiger partial charge on any atom is -0.497 e. The van der Waals surface area contributed by atoms with Crippen molar-refractivity contribution in [3.8, 4) is 22.6 Å². The number of benzene rings is 3. The zero-order valence-corrected chi connectivity index (χ0v) is 28.6. The van der Waals surface area contributed by atoms with Gasteiger partial charge in [-0.15, -0.1) is 5.10 Å². The summed E-state index contributed by atoms with van der Waals surface area (Å²) in [5.41, 5.74) is 4.31. The maximum absolute atomic E-state index is 15.3. The molecule has 0 bridgehead atoms. The number of carboxylic acids is 1. The molecule has 1 saturated carbocycles. The normalized spacial score (nSPS) is 13.8. The zero-order chi connectivity index (χ0) is 34.1. The SMILES string of the molecule is CCCCCCn1cc(COCC(C)(C)c2cc(COc3cccc(C(CC(=O)O)C4CC4)c3)ccc2-c2cc(OC)ccc2F)nn1. The number of aryl methyl sites for hydroxylation is 1. The van der Waals surface area contributed by atoms with Crippen LogP contribution in [0.3, 0.4) is 0 Å². The summed E-state index contributed by atoms with van der Waals surface area (Å²) in [6, 6.07) is 18.5. The quantitative estimate of drug-likeness (QED) is 0.101. The second-order valence-electron chi connectivity index (χ2n) is 13.5. The highest BCUT2D eigenvalue weighted by molar-refractivity contribution is 5.71. The molecule has 1 unspecified atom stereocenters. The Bertz CT molecular complexity index is 1670. The van der Waals surface area contributed by atoms with Crippen molar-refractivity contribution >= 4 is 5.97 Å². The molecule has 256 valence electrons. The van der Waals surface area contributed by atoms with Crippen molar-refractivity contribution in [2.45, 2.75) is 96.8 Å². The van der Waals surface area contributed by atoms with E-state index in [2.05, 4.69) is 37.1 Å². The highest BCUT2D eigenvalue weighted by atomic mass is 19.1. The summed E-state index contributed by atoms with van der Waals surface area (Å²) < 4.78 is 35.1. The average Bonchev–Trinajstić information content (AvgIpc) is 3.83. The van der Waals surface area contributed by atoms with Gasteiger partial charge >= 0.3 is 5.97 Å². The van der Waals surface area contributed by atoms with Gasteiger partial charge in [0.25, 0.3) is 0 Å². The number of aliphatic carboxylic acids is 1. The fraction of sp³-hybridized carbons (Fsp3) is 0.462. The van der Waals surface area contributed by atoms with E-state index in [0.717, 1.165) is 53.8 Å². The summed E-state index contributed by atoms with van der Waals surface area (Å²) >= 11 is 0. The number of halogens is 1. The van der Waals surface area contributed by atoms with Crippen LogP contribution in [0.15, 0.2) is 66.9 Å². The first-order valence-electron chi connectivity index (χ1n) is 17.1. The van der Waals surface area contributed by atoms with Gasteiger partial charge in [0.15, 0.2) is 0 Å². The molecule has 0 spiro atoms. The standard InChI is InChI=1S/C39H48FN3O5/c1-5-6-7-8-18-43-23-30(41-42-43)25-47-26-39(2,3)36-19-27(12-16-33(36)35-21-31(46-4)15-17-37(35)40)24-48-32-11-9-10-29(20-32)34(22-38(44)45)28-13-14-28/h9-12,15-17,19-21,23,28,34H,5-8,13-14,18,22,24-26H2,1-4H3,(H,44,45). The highest BCUT2D eigenvalue weighted by Gasteiger charge is 2.34. The Morgan fingerprint density at radius 2 is 1.85 bits per heavy atom. The van der Waals surface area contributed by atoms with Crippen LogP contribution in [0.1, 0.15) is 94.0 Å². The van der Waals surface area contributed by atoms with Gasteiger partial charge in [0.2, 0.25) is 0 Å². The molecule has 0 radical (unpaired) electrons. The Kier molecular flexibility index (Phi) is 11.9. The Labute approximate surface area is 283 Å². The van der Waals surface area contributed by atoms with Crippen molar-refractivity contribution in [2.24, 2.45) is 5.92 Å². The zero-order valence-electron chi connectivity index (χ0n) is 28.6. The van der Waals surface area contributed by atoms with E-state index in [1.54, 1.807) is 19.2 Å². The summed E-state index contributed by atoms with van der Waals surface area (Å²) in [6.07, 6.45) is 8.85. The Morgan fingerprint density at radius 3 is 2.60 bits per heavy atom. The summed E-state index contributed by atoms with van der Waals surface area (Å²) in [5.74, 6) is 0.546. The van der Waals surface area contributed by atoms with Crippen molar-refractivity contribution in [1.82, 2.24) is 15.0 Å². The van der Waals surface area contributed by atoms with Gasteiger partial charge in [0.05, 0.1) is 32.9 Å². The van der Waals surface area contributed by atoms with Crippen molar-refractivity contribution in [1.29, 1.82) is 0 Å². The number of hydrogen-bond donors (Lipinski definition) is 1. The summed E-state index contributed by atoms with van der Waals surface area (Å²) in [4.78, 5) is 11.5. The number of hydrogen-bond acceptors (Lipinski definition) is 6. The first kappa shape index (κ1) is 35.1. The lowest BCUT2D eigenvalue weighted by atomic mass is 9.79. The van der Waals surface area contributed by atoms with Gasteiger partial charge in [-0.05, 0) is 83.7 Å². The molecule has 0 saturated heterocycles. The minimum absolute atomic E-state index is 0.00849. The maximum atomic E-state index is 15.3. The minimum atomic E-state index is -0.783. The molecule has 3 aromatic carbocycles. The van der Waals surface area contributed by atoms with Gasteiger partial charge in [-0.2, -0.15) is 0 Å². The summed E-state index contributed by atoms with van der Waals surface area (Å²) in [7, 11) is 1.57. The molecule has 9 heteroatoms. The van der Waals surface area contributed by atoms with Gasteiger partial charge in [-0.3, -0.25) is 9.48 Å². The van der Waals surface area contributed by atoms with E-state index in [0.29, 0.717) is 42.8 Å². The lowest BCUT2D eigenvalue weighted by Crippen LogP contribution is -2.25. The van der Waals surface area contributed by atoms with Crippen LogP contribution >= 0.6 is 0 Å². The van der Waals surface area contributed by atoms with E-state index in [1.807, 2.05) is 47.3 Å². The molecule has 5 rings (SSSR count). The molecule has 0 aliphatic heterocycles. The fourth-order valence-corrected chi connectivity index (χ4v) is 6.26. The van der Waals surface area contributed by atoms with Crippen LogP contribution in [0.25, 0.3) is 11.1 Å². The molecule has 1 N–H and O–H groups in total. The second kappa shape index (κ2) is 16.2. The topological polar surface area (TPSA) is 95.7 Å². The largest absolute Gasteiger partial charge is 0.497 e. The molecule has 4 aromatic rings. The molecule has 0 amide bonds. The molecule has 1 aliphatic carbocycles. The predicted molar refractivity (Wildman–Crippen MR) is 184 cm³/mol. The lowest BCUT2D eigenvalue weighted by molar-refractivity contribution is -0.137. The van der Waals surface area contributed by atoms with Crippen molar-refractivity contribution < 1.29 is 28.5 Å². The number of carboxylic acid groups (broad SMARTS) is 1. The number of ether oxygens (including phenoxy) is 3. The van der Waals surface area contributed by atoms with Crippen LogP contribution in [0.2, 0.25) is 0 Å². The van der Waals surface area contributed by atoms with E-state index in [9.17, 15) is 9.90 Å².